The molecule has 2 aliphatic rings. The topological polar surface area (TPSA) is 103 Å². The van der Waals surface area contributed by atoms with Crippen LogP contribution in [0.5, 0.6) is 11.5 Å². The Morgan fingerprint density at radius 1 is 1.29 bits per heavy atom. The van der Waals surface area contributed by atoms with E-state index in [0.717, 1.165) is 0 Å². The second kappa shape index (κ2) is 7.67. The van der Waals surface area contributed by atoms with Crippen LogP contribution in [0, 0.1) is 0 Å². The SMILES string of the molecule is [2H]N([2H])c1nc(N2C([2H])([2H])CN(C(=O)C3OC([2H])([2H])C([2H])([2H])C3([2H])[2H])CC2([2H])[2H])nc2cc(OC)c(OC)cc12. The van der Waals surface area contributed by atoms with E-state index >= 15 is 0 Å². The maximum absolute atomic E-state index is 13.2. The van der Waals surface area contributed by atoms with Gasteiger partial charge >= 0.3 is 0 Å². The number of benzene rings is 1. The van der Waals surface area contributed by atoms with E-state index < -0.39 is 63.3 Å². The first-order chi connectivity index (χ1) is 18.2. The van der Waals surface area contributed by atoms with Crippen LogP contribution in [0.25, 0.3) is 10.9 Å². The van der Waals surface area contributed by atoms with Crippen molar-refractivity contribution < 1.29 is 35.5 Å². The van der Waals surface area contributed by atoms with Gasteiger partial charge in [-0.25, -0.2) is 4.98 Å². The number of ether oxygens (including phenoxy) is 3. The molecule has 2 aromatic rings. The summed E-state index contributed by atoms with van der Waals surface area (Å²) in [6.45, 7) is -10.5. The molecule has 4 rings (SSSR count). The highest BCUT2D eigenvalue weighted by Gasteiger charge is 2.31. The molecule has 1 aromatic heterocycles. The fraction of sp³-hybridized carbons (Fsp3) is 0.526. The van der Waals surface area contributed by atoms with Crippen molar-refractivity contribution in [3.63, 3.8) is 0 Å². The average molecular weight is 400 g/mol. The summed E-state index contributed by atoms with van der Waals surface area (Å²) < 4.78 is 112. The Hall–Kier alpha value is -2.81. The molecule has 1 atom stereocenters. The predicted octanol–water partition coefficient (Wildman–Crippen LogP) is 1.06. The van der Waals surface area contributed by atoms with Crippen molar-refractivity contribution in [1.29, 1.82) is 0 Å². The van der Waals surface area contributed by atoms with Crippen LogP contribution in [0.3, 0.4) is 0 Å². The molecule has 1 amide bonds. The summed E-state index contributed by atoms with van der Waals surface area (Å²) in [6.07, 6.45) is -8.72. The predicted molar refractivity (Wildman–Crippen MR) is 105 cm³/mol. The molecule has 2 aliphatic heterocycles. The lowest BCUT2D eigenvalue weighted by Gasteiger charge is -2.35. The van der Waals surface area contributed by atoms with Crippen LogP contribution in [-0.4, -0.2) is 73.7 Å². The molecule has 0 radical (unpaired) electrons. The third-order valence-electron chi connectivity index (χ3n) is 4.18. The highest BCUT2D eigenvalue weighted by atomic mass is 16.5. The number of hydrogen-bond acceptors (Lipinski definition) is 8. The number of anilines is 2. The molecular weight excluding hydrogens is 362 g/mol. The zero-order chi connectivity index (χ0) is 30.2. The number of nitrogens with zero attached hydrogens (tertiary/aromatic N) is 4. The summed E-state index contributed by atoms with van der Waals surface area (Å²) in [6, 6.07) is 2.77. The molecule has 0 bridgehead atoms. The monoisotopic (exact) mass is 399 g/mol. The van der Waals surface area contributed by atoms with Gasteiger partial charge in [0.15, 0.2) is 14.3 Å². The van der Waals surface area contributed by atoms with Gasteiger partial charge < -0.3 is 29.7 Å². The summed E-state index contributed by atoms with van der Waals surface area (Å²) in [5.41, 5.74) is 0.190. The number of piperazine rings is 1. The van der Waals surface area contributed by atoms with E-state index in [1.807, 2.05) is 0 Å². The molecular formula is C19H25N5O4. The molecule has 2 N–H and O–H groups in total. The Balaban J connectivity index is 1.76. The van der Waals surface area contributed by atoms with Gasteiger partial charge in [-0.2, -0.15) is 4.98 Å². The van der Waals surface area contributed by atoms with Gasteiger partial charge in [0.25, 0.3) is 5.91 Å². The summed E-state index contributed by atoms with van der Waals surface area (Å²) in [7, 11) is 2.72. The second-order valence-electron chi connectivity index (χ2n) is 5.79. The number of carbonyl (C=O) groups excluding carboxylic acids is 1. The van der Waals surface area contributed by atoms with E-state index in [4.69, 9.17) is 30.7 Å². The Morgan fingerprint density at radius 2 is 2.04 bits per heavy atom. The molecule has 1 unspecified atom stereocenters. The summed E-state index contributed by atoms with van der Waals surface area (Å²) in [5, 5.41) is 0.144. The molecule has 0 saturated carbocycles. The third-order valence-corrected chi connectivity index (χ3v) is 4.18. The van der Waals surface area contributed by atoms with Crippen LogP contribution in [0.15, 0.2) is 12.1 Å². The molecule has 0 aliphatic carbocycles. The minimum atomic E-state index is -3.24. The number of fused-ring (bicyclic) bond motifs is 1. The molecule has 9 nitrogen and oxygen atoms in total. The molecule has 28 heavy (non-hydrogen) atoms. The summed E-state index contributed by atoms with van der Waals surface area (Å²) in [5.74, 6) is -1.82. The highest BCUT2D eigenvalue weighted by Crippen LogP contribution is 2.34. The van der Waals surface area contributed by atoms with E-state index in [-0.39, 0.29) is 33.9 Å². The Morgan fingerprint density at radius 3 is 2.68 bits per heavy atom. The van der Waals surface area contributed by atoms with Crippen molar-refractivity contribution in [2.45, 2.75) is 18.8 Å². The molecule has 3 heterocycles. The maximum Gasteiger partial charge on any atom is 0.251 e. The first-order valence-corrected chi connectivity index (χ1v) is 8.20. The Labute approximate surface area is 180 Å². The van der Waals surface area contributed by atoms with Crippen LogP contribution in [0.2, 0.25) is 2.82 Å². The van der Waals surface area contributed by atoms with Crippen molar-refractivity contribution in [3.05, 3.63) is 12.1 Å². The van der Waals surface area contributed by atoms with Gasteiger partial charge in [-0.1, -0.05) is 0 Å². The minimum Gasteiger partial charge on any atom is -0.493 e. The summed E-state index contributed by atoms with van der Waals surface area (Å²) in [4.78, 5) is 22.6. The van der Waals surface area contributed by atoms with Gasteiger partial charge in [0, 0.05) is 49.6 Å². The van der Waals surface area contributed by atoms with Crippen LogP contribution in [-0.2, 0) is 9.53 Å². The first kappa shape index (κ1) is 9.13. The van der Waals surface area contributed by atoms with Gasteiger partial charge in [-0.05, 0) is 18.8 Å². The Kier molecular flexibility index (Phi) is 2.50. The Bertz CT molecular complexity index is 1330. The number of methoxy groups -OCH3 is 2. The zero-order valence-corrected chi connectivity index (χ0v) is 15.0. The maximum atomic E-state index is 13.2. The standard InChI is InChI=1S/C19H25N5O4/c1-26-15-10-12-13(11-16(15)27-2)21-19(22-17(12)20)24-7-5-23(6-8-24)18(25)14-4-3-9-28-14/h10-11,14H,3-9H2,1-2H3,(H2,20,21,22)/i3D2,4D2,7D2,8D2,9D2/hD2. The minimum absolute atomic E-state index is 0.0595. The highest BCUT2D eigenvalue weighted by molar-refractivity contribution is 5.91. The number of nitrogens with two attached hydrogens (primary N) is 1. The number of nitrogen functional groups attached to an aromatic ring is 1. The second-order valence-corrected chi connectivity index (χ2v) is 5.79. The van der Waals surface area contributed by atoms with Crippen molar-refractivity contribution in [2.75, 3.05) is 57.5 Å². The van der Waals surface area contributed by atoms with E-state index in [0.29, 0.717) is 9.80 Å². The van der Waals surface area contributed by atoms with Crippen LogP contribution >= 0.6 is 0 Å². The first-order valence-electron chi connectivity index (χ1n) is 14.1. The number of aromatic nitrogens is 2. The number of amides is 1. The zero-order valence-electron chi connectivity index (χ0n) is 27.0. The molecule has 1 aromatic carbocycles. The quantitative estimate of drug-likeness (QED) is 0.796. The van der Waals surface area contributed by atoms with Crippen molar-refractivity contribution in [3.8, 4) is 11.5 Å². The molecule has 150 valence electrons. The van der Waals surface area contributed by atoms with Crippen molar-refractivity contribution >= 4 is 28.6 Å². The van der Waals surface area contributed by atoms with Gasteiger partial charge in [-0.15, -0.1) is 0 Å². The largest absolute Gasteiger partial charge is 0.493 e. The van der Waals surface area contributed by atoms with Crippen LogP contribution < -0.4 is 20.1 Å². The summed E-state index contributed by atoms with van der Waals surface area (Å²) >= 11 is 0. The third kappa shape index (κ3) is 3.37. The fourth-order valence-corrected chi connectivity index (χ4v) is 2.74. The number of hydrogen-bond donors (Lipinski definition) is 1. The molecule has 2 saturated heterocycles. The molecule has 9 heteroatoms. The van der Waals surface area contributed by atoms with E-state index in [1.54, 1.807) is 0 Å². The van der Waals surface area contributed by atoms with E-state index in [9.17, 15) is 4.79 Å². The van der Waals surface area contributed by atoms with Crippen LogP contribution in [0.4, 0.5) is 11.8 Å². The lowest BCUT2D eigenvalue weighted by Crippen LogP contribution is -2.51. The van der Waals surface area contributed by atoms with E-state index in [1.165, 1.54) is 26.4 Å². The lowest BCUT2D eigenvalue weighted by molar-refractivity contribution is -0.141. The smallest absolute Gasteiger partial charge is 0.251 e. The number of rotatable bonds is 5. The normalized spacial score (nSPS) is 35.0. The van der Waals surface area contributed by atoms with E-state index in [2.05, 4.69) is 9.97 Å². The molecule has 2 fully saturated rings. The van der Waals surface area contributed by atoms with Gasteiger partial charge in [-0.3, -0.25) is 4.79 Å². The molecule has 0 spiro atoms. The van der Waals surface area contributed by atoms with Gasteiger partial charge in [0.2, 0.25) is 5.95 Å². The van der Waals surface area contributed by atoms with Crippen molar-refractivity contribution in [2.24, 2.45) is 0 Å². The number of carbonyl (C=O) groups is 1. The average Bonchev–Trinajstić information content (AvgIpc) is 2.95. The van der Waals surface area contributed by atoms with Gasteiger partial charge in [0.1, 0.15) is 11.9 Å². The van der Waals surface area contributed by atoms with Crippen molar-refractivity contribution in [1.82, 2.24) is 14.9 Å². The fourth-order valence-electron chi connectivity index (χ4n) is 2.74. The van der Waals surface area contributed by atoms with Gasteiger partial charge in [0.05, 0.1) is 28.0 Å². The van der Waals surface area contributed by atoms with Crippen LogP contribution in [0.1, 0.15) is 26.5 Å². The lowest BCUT2D eigenvalue weighted by atomic mass is 10.2.